The number of aromatic amines is 1. The first kappa shape index (κ1) is 35.3. The van der Waals surface area contributed by atoms with Gasteiger partial charge in [0.15, 0.2) is 0 Å². The van der Waals surface area contributed by atoms with Crippen molar-refractivity contribution in [2.45, 2.75) is 50.2 Å². The van der Waals surface area contributed by atoms with Crippen LogP contribution in [0.5, 0.6) is 0 Å². The molecule has 0 radical (unpaired) electrons. The highest BCUT2D eigenvalue weighted by molar-refractivity contribution is 5.95. The predicted molar refractivity (Wildman–Crippen MR) is 191 cm³/mol. The van der Waals surface area contributed by atoms with E-state index in [9.17, 15) is 24.0 Å². The molecule has 5 N–H and O–H groups in total. The van der Waals surface area contributed by atoms with Crippen LogP contribution in [0, 0.1) is 5.92 Å². The molecule has 3 aromatic carbocycles. The number of benzene rings is 3. The molecule has 2 aliphatic heterocycles. The van der Waals surface area contributed by atoms with Gasteiger partial charge in [0.05, 0.1) is 25.2 Å². The van der Waals surface area contributed by atoms with Crippen molar-refractivity contribution in [3.63, 3.8) is 0 Å². The Morgan fingerprint density at radius 2 is 1.33 bits per heavy atom. The Hall–Kier alpha value is -5.49. The van der Waals surface area contributed by atoms with Crippen molar-refractivity contribution in [2.75, 3.05) is 32.8 Å². The Balaban J connectivity index is 1.31. The Labute approximate surface area is 296 Å². The average molecular weight is 693 g/mol. The Kier molecular flexibility index (Phi) is 11.7. The highest BCUT2D eigenvalue weighted by Gasteiger charge is 2.33. The summed E-state index contributed by atoms with van der Waals surface area (Å²) < 4.78 is 5.38. The molecule has 3 heterocycles. The SMILES string of the molecule is O=C1C[C@@H](CC(=O)N2CCOCC2)C(=O)NC[C@H](Cc2ccccc2)NC(=O)[C@H](Cc2ccccc2)NC(=O)[C@H](Cc2c[nH]c3ccccc23)N1. The number of aromatic nitrogens is 1. The van der Waals surface area contributed by atoms with Crippen LogP contribution in [0.2, 0.25) is 0 Å². The van der Waals surface area contributed by atoms with Gasteiger partial charge < -0.3 is 35.9 Å². The number of rotatable bonds is 8. The molecule has 2 aliphatic rings. The normalized spacial score (nSPS) is 22.3. The standard InChI is InChI=1S/C39H44N6O6/c46-35-22-28(23-36(47)45-15-17-51-18-16-45)37(48)41-25-30(19-26-9-3-1-4-10-26)42-38(49)33(20-27-11-5-2-6-12-27)44-39(50)34(43-35)21-29-24-40-32-14-8-7-13-31(29)32/h1-14,24,28,30,33-34,40H,15-23,25H2,(H,41,48)(H,42,49)(H,43,46)(H,44,50)/t28-,30-,33-,34-/m0/s1. The molecule has 0 aliphatic carbocycles. The quantitative estimate of drug-likeness (QED) is 0.190. The average Bonchev–Trinajstić information content (AvgIpc) is 3.56. The smallest absolute Gasteiger partial charge is 0.243 e. The topological polar surface area (TPSA) is 162 Å². The van der Waals surface area contributed by atoms with Crippen LogP contribution in [-0.4, -0.2) is 90.4 Å². The van der Waals surface area contributed by atoms with Gasteiger partial charge in [0.25, 0.3) is 0 Å². The van der Waals surface area contributed by atoms with Crippen LogP contribution in [0.1, 0.15) is 29.5 Å². The molecule has 12 heteroatoms. The summed E-state index contributed by atoms with van der Waals surface area (Å²) in [4.78, 5) is 74.0. The number of morpholine rings is 1. The summed E-state index contributed by atoms with van der Waals surface area (Å²) in [5.74, 6) is -3.23. The minimum absolute atomic E-state index is 0.0541. The van der Waals surface area contributed by atoms with Crippen molar-refractivity contribution in [2.24, 2.45) is 5.92 Å². The maximum absolute atomic E-state index is 14.2. The summed E-state index contributed by atoms with van der Waals surface area (Å²) in [6.07, 6.45) is 2.05. The van der Waals surface area contributed by atoms with E-state index in [1.54, 1.807) is 11.1 Å². The second-order valence-corrected chi connectivity index (χ2v) is 13.2. The molecule has 1 aromatic heterocycles. The van der Waals surface area contributed by atoms with Gasteiger partial charge in [0.2, 0.25) is 29.5 Å². The van der Waals surface area contributed by atoms with Crippen molar-refractivity contribution < 1.29 is 28.7 Å². The summed E-state index contributed by atoms with van der Waals surface area (Å²) in [5.41, 5.74) is 3.47. The number of carbonyl (C=O) groups is 5. The molecule has 5 amide bonds. The highest BCUT2D eigenvalue weighted by atomic mass is 16.5. The molecular formula is C39H44N6O6. The maximum Gasteiger partial charge on any atom is 0.243 e. The molecule has 0 saturated carbocycles. The molecule has 51 heavy (non-hydrogen) atoms. The third kappa shape index (κ3) is 9.61. The third-order valence-electron chi connectivity index (χ3n) is 9.45. The summed E-state index contributed by atoms with van der Waals surface area (Å²) in [6, 6.07) is 24.0. The first-order chi connectivity index (χ1) is 24.8. The molecule has 0 spiro atoms. The van der Waals surface area contributed by atoms with Crippen molar-refractivity contribution in [3.8, 4) is 0 Å². The lowest BCUT2D eigenvalue weighted by Crippen LogP contribution is -2.58. The van der Waals surface area contributed by atoms with E-state index >= 15 is 0 Å². The first-order valence-electron chi connectivity index (χ1n) is 17.5. The maximum atomic E-state index is 14.2. The number of nitrogens with one attached hydrogen (secondary N) is 5. The number of amides is 5. The molecule has 2 saturated heterocycles. The van der Waals surface area contributed by atoms with Gasteiger partial charge in [-0.15, -0.1) is 0 Å². The van der Waals surface area contributed by atoms with Crippen molar-refractivity contribution in [3.05, 3.63) is 108 Å². The zero-order chi connectivity index (χ0) is 35.6. The van der Waals surface area contributed by atoms with Crippen LogP contribution in [0.15, 0.2) is 91.1 Å². The van der Waals surface area contributed by atoms with E-state index in [2.05, 4.69) is 26.3 Å². The fourth-order valence-corrected chi connectivity index (χ4v) is 6.69. The van der Waals surface area contributed by atoms with E-state index in [-0.39, 0.29) is 38.1 Å². The molecule has 266 valence electrons. The number of hydrogen-bond donors (Lipinski definition) is 5. The summed E-state index contributed by atoms with van der Waals surface area (Å²) in [5, 5.41) is 12.7. The van der Waals surface area contributed by atoms with E-state index in [4.69, 9.17) is 4.74 Å². The molecule has 0 bridgehead atoms. The fourth-order valence-electron chi connectivity index (χ4n) is 6.69. The van der Waals surface area contributed by atoms with Gasteiger partial charge in [-0.3, -0.25) is 24.0 Å². The number of fused-ring (bicyclic) bond motifs is 1. The van der Waals surface area contributed by atoms with Gasteiger partial charge in [0.1, 0.15) is 12.1 Å². The van der Waals surface area contributed by atoms with Crippen molar-refractivity contribution in [1.29, 1.82) is 0 Å². The molecule has 4 atom stereocenters. The van der Waals surface area contributed by atoms with Crippen LogP contribution in [0.4, 0.5) is 0 Å². The van der Waals surface area contributed by atoms with Gasteiger partial charge in [-0.25, -0.2) is 0 Å². The van der Waals surface area contributed by atoms with E-state index < -0.39 is 47.7 Å². The Bertz CT molecular complexity index is 1820. The first-order valence-corrected chi connectivity index (χ1v) is 17.5. The number of hydrogen-bond acceptors (Lipinski definition) is 6. The molecular weight excluding hydrogens is 648 g/mol. The second kappa shape index (κ2) is 16.9. The predicted octanol–water partition coefficient (Wildman–Crippen LogP) is 2.04. The minimum Gasteiger partial charge on any atom is -0.378 e. The highest BCUT2D eigenvalue weighted by Crippen LogP contribution is 2.20. The summed E-state index contributed by atoms with van der Waals surface area (Å²) in [6.45, 7) is 1.67. The van der Waals surface area contributed by atoms with E-state index in [0.29, 0.717) is 32.7 Å². The largest absolute Gasteiger partial charge is 0.378 e. The molecule has 0 unspecified atom stereocenters. The lowest BCUT2D eigenvalue weighted by Gasteiger charge is -2.29. The van der Waals surface area contributed by atoms with Crippen LogP contribution in [0.3, 0.4) is 0 Å². The van der Waals surface area contributed by atoms with E-state index in [1.807, 2.05) is 84.9 Å². The molecule has 6 rings (SSSR count). The molecule has 12 nitrogen and oxygen atoms in total. The van der Waals surface area contributed by atoms with Gasteiger partial charge in [-0.05, 0) is 29.2 Å². The van der Waals surface area contributed by atoms with Crippen LogP contribution in [0.25, 0.3) is 10.9 Å². The Morgan fingerprint density at radius 1 is 0.706 bits per heavy atom. The van der Waals surface area contributed by atoms with Crippen LogP contribution < -0.4 is 21.3 Å². The number of H-pyrrole nitrogens is 1. The third-order valence-corrected chi connectivity index (χ3v) is 9.45. The fraction of sp³-hybridized carbons (Fsp3) is 0.359. The lowest BCUT2D eigenvalue weighted by molar-refractivity contribution is -0.141. The van der Waals surface area contributed by atoms with Gasteiger partial charge in [-0.2, -0.15) is 0 Å². The van der Waals surface area contributed by atoms with Crippen molar-refractivity contribution >= 4 is 40.4 Å². The van der Waals surface area contributed by atoms with Gasteiger partial charge in [0, 0.05) is 62.4 Å². The number of ether oxygens (including phenoxy) is 1. The van der Waals surface area contributed by atoms with Crippen LogP contribution in [-0.2, 0) is 48.0 Å². The monoisotopic (exact) mass is 692 g/mol. The van der Waals surface area contributed by atoms with E-state index in [0.717, 1.165) is 27.6 Å². The lowest BCUT2D eigenvalue weighted by atomic mass is 9.96. The zero-order valence-corrected chi connectivity index (χ0v) is 28.4. The summed E-state index contributed by atoms with van der Waals surface area (Å²) in [7, 11) is 0. The minimum atomic E-state index is -1.08. The van der Waals surface area contributed by atoms with E-state index in [1.165, 1.54) is 0 Å². The van der Waals surface area contributed by atoms with Crippen LogP contribution >= 0.6 is 0 Å². The Morgan fingerprint density at radius 3 is 2.06 bits per heavy atom. The summed E-state index contributed by atoms with van der Waals surface area (Å²) >= 11 is 0. The number of nitrogens with zero attached hydrogens (tertiary/aromatic N) is 1. The number of para-hydroxylation sites is 1. The zero-order valence-electron chi connectivity index (χ0n) is 28.4. The van der Waals surface area contributed by atoms with Gasteiger partial charge >= 0.3 is 0 Å². The molecule has 2 fully saturated rings. The number of carbonyl (C=O) groups excluding carboxylic acids is 5. The second-order valence-electron chi connectivity index (χ2n) is 13.2. The van der Waals surface area contributed by atoms with Crippen molar-refractivity contribution in [1.82, 2.24) is 31.2 Å². The molecule has 4 aromatic rings. The van der Waals surface area contributed by atoms with Gasteiger partial charge in [-0.1, -0.05) is 78.9 Å².